The van der Waals surface area contributed by atoms with Gasteiger partial charge in [0.15, 0.2) is 0 Å². The molecule has 0 bridgehead atoms. The minimum atomic E-state index is 0.202. The number of benzene rings is 1. The Hall–Kier alpha value is -3.61. The Morgan fingerprint density at radius 3 is 2.71 bits per heavy atom. The summed E-state index contributed by atoms with van der Waals surface area (Å²) in [5, 5.41) is 26.0. The number of hydrogen-bond donors (Lipinski definition) is 2. The van der Waals surface area contributed by atoms with Gasteiger partial charge in [0.1, 0.15) is 11.3 Å². The molecule has 0 saturated carbocycles. The average molecular weight is 371 g/mol. The van der Waals surface area contributed by atoms with Crippen LogP contribution < -0.4 is 5.49 Å². The molecule has 0 atom stereocenters. The molecule has 0 fully saturated rings. The standard InChI is InChI=1S/C21H21N7/c1-3-27-13-18(12-25-27)17-10-16-8-15(5-6-19(16)24-11-17)9-21(23)28-20(22)7-4-14(2)26-28/h4-8,10-13,22-23H,3,9H2,1-2H3. The van der Waals surface area contributed by atoms with Crippen molar-refractivity contribution in [1.29, 1.82) is 10.8 Å². The van der Waals surface area contributed by atoms with Gasteiger partial charge in [0.2, 0.25) is 0 Å². The molecule has 0 aliphatic heterocycles. The number of aromatic nitrogens is 5. The molecule has 2 N–H and O–H groups in total. The number of nitrogens with zero attached hydrogens (tertiary/aromatic N) is 5. The molecule has 4 rings (SSSR count). The first kappa shape index (κ1) is 17.8. The van der Waals surface area contributed by atoms with Crippen LogP contribution in [-0.4, -0.2) is 30.4 Å². The van der Waals surface area contributed by atoms with E-state index in [4.69, 9.17) is 10.8 Å². The molecule has 0 unspecified atom stereocenters. The highest BCUT2D eigenvalue weighted by atomic mass is 15.3. The first-order valence-corrected chi connectivity index (χ1v) is 9.14. The van der Waals surface area contributed by atoms with E-state index in [1.807, 2.05) is 48.4 Å². The van der Waals surface area contributed by atoms with Gasteiger partial charge in [-0.05, 0) is 49.7 Å². The number of aryl methyl sites for hydroxylation is 2. The van der Waals surface area contributed by atoms with E-state index in [0.717, 1.165) is 39.8 Å². The van der Waals surface area contributed by atoms with E-state index in [1.54, 1.807) is 12.1 Å². The zero-order chi connectivity index (χ0) is 19.7. The molecule has 4 aromatic rings. The van der Waals surface area contributed by atoms with Gasteiger partial charge >= 0.3 is 0 Å². The van der Waals surface area contributed by atoms with Gasteiger partial charge in [-0.15, -0.1) is 0 Å². The molecule has 0 amide bonds. The third kappa shape index (κ3) is 3.46. The molecule has 0 spiro atoms. The zero-order valence-electron chi connectivity index (χ0n) is 15.8. The Labute approximate surface area is 162 Å². The third-order valence-electron chi connectivity index (χ3n) is 4.63. The van der Waals surface area contributed by atoms with Gasteiger partial charge in [-0.3, -0.25) is 20.5 Å². The Morgan fingerprint density at radius 1 is 1.07 bits per heavy atom. The van der Waals surface area contributed by atoms with Crippen LogP contribution in [0.15, 0.2) is 55.0 Å². The lowest BCUT2D eigenvalue weighted by Crippen LogP contribution is -2.30. The lowest BCUT2D eigenvalue weighted by atomic mass is 10.0. The van der Waals surface area contributed by atoms with Crippen molar-refractivity contribution in [2.75, 3.05) is 0 Å². The quantitative estimate of drug-likeness (QED) is 0.426. The normalized spacial score (nSPS) is 11.1. The summed E-state index contributed by atoms with van der Waals surface area (Å²) in [5.41, 5.74) is 4.92. The highest BCUT2D eigenvalue weighted by Gasteiger charge is 2.08. The summed E-state index contributed by atoms with van der Waals surface area (Å²) in [6.45, 7) is 4.74. The maximum Gasteiger partial charge on any atom is 0.148 e. The van der Waals surface area contributed by atoms with E-state index in [2.05, 4.69) is 28.2 Å². The largest absolute Gasteiger partial charge is 0.286 e. The SMILES string of the molecule is CCn1cc(-c2cnc3ccc(CC(=N)n4nc(C)ccc4=N)cc3c2)cn1. The minimum absolute atomic E-state index is 0.202. The van der Waals surface area contributed by atoms with Gasteiger partial charge in [-0.2, -0.15) is 10.2 Å². The van der Waals surface area contributed by atoms with Crippen LogP contribution in [0, 0.1) is 17.7 Å². The highest BCUT2D eigenvalue weighted by molar-refractivity contribution is 5.87. The maximum absolute atomic E-state index is 8.37. The van der Waals surface area contributed by atoms with Crippen molar-refractivity contribution < 1.29 is 0 Å². The third-order valence-corrected chi connectivity index (χ3v) is 4.63. The van der Waals surface area contributed by atoms with Crippen LogP contribution in [0.1, 0.15) is 18.2 Å². The fourth-order valence-electron chi connectivity index (χ4n) is 3.12. The van der Waals surface area contributed by atoms with E-state index in [0.29, 0.717) is 6.42 Å². The second kappa shape index (κ2) is 7.19. The van der Waals surface area contributed by atoms with Crippen molar-refractivity contribution in [2.45, 2.75) is 26.8 Å². The minimum Gasteiger partial charge on any atom is -0.286 e. The fourth-order valence-corrected chi connectivity index (χ4v) is 3.12. The van der Waals surface area contributed by atoms with Crippen molar-refractivity contribution in [3.05, 3.63) is 71.7 Å². The van der Waals surface area contributed by atoms with Crippen molar-refractivity contribution in [3.8, 4) is 11.1 Å². The summed E-state index contributed by atoms with van der Waals surface area (Å²) in [6.07, 6.45) is 6.11. The second-order valence-corrected chi connectivity index (χ2v) is 6.73. The van der Waals surface area contributed by atoms with Gasteiger partial charge in [0, 0.05) is 41.9 Å². The molecule has 7 nitrogen and oxygen atoms in total. The fraction of sp³-hybridized carbons (Fsp3) is 0.190. The molecule has 7 heteroatoms. The van der Waals surface area contributed by atoms with E-state index >= 15 is 0 Å². The summed E-state index contributed by atoms with van der Waals surface area (Å²) in [6, 6.07) is 11.5. The number of fused-ring (bicyclic) bond motifs is 1. The Kier molecular flexibility index (Phi) is 4.57. The van der Waals surface area contributed by atoms with Crippen LogP contribution in [0.2, 0.25) is 0 Å². The summed E-state index contributed by atoms with van der Waals surface area (Å²) < 4.78 is 3.26. The Bertz CT molecular complexity index is 1230. The van der Waals surface area contributed by atoms with Gasteiger partial charge in [0.05, 0.1) is 17.4 Å². The van der Waals surface area contributed by atoms with E-state index in [9.17, 15) is 0 Å². The molecule has 1 aromatic carbocycles. The van der Waals surface area contributed by atoms with Crippen molar-refractivity contribution in [1.82, 2.24) is 24.5 Å². The maximum atomic E-state index is 8.37. The van der Waals surface area contributed by atoms with Crippen LogP contribution in [0.3, 0.4) is 0 Å². The summed E-state index contributed by atoms with van der Waals surface area (Å²) >= 11 is 0. The molecule has 140 valence electrons. The lowest BCUT2D eigenvalue weighted by molar-refractivity contribution is 0.660. The molecule has 3 aromatic heterocycles. The predicted octanol–water partition coefficient (Wildman–Crippen LogP) is 3.17. The molecule has 3 heterocycles. The van der Waals surface area contributed by atoms with Crippen LogP contribution in [-0.2, 0) is 13.0 Å². The van der Waals surface area contributed by atoms with Crippen molar-refractivity contribution in [2.24, 2.45) is 0 Å². The van der Waals surface area contributed by atoms with Crippen molar-refractivity contribution >= 4 is 16.7 Å². The highest BCUT2D eigenvalue weighted by Crippen LogP contribution is 2.23. The predicted molar refractivity (Wildman–Crippen MR) is 108 cm³/mol. The van der Waals surface area contributed by atoms with Crippen molar-refractivity contribution in [3.63, 3.8) is 0 Å². The van der Waals surface area contributed by atoms with Gasteiger partial charge in [-0.25, -0.2) is 4.68 Å². The molecule has 28 heavy (non-hydrogen) atoms. The first-order chi connectivity index (χ1) is 13.5. The summed E-state index contributed by atoms with van der Waals surface area (Å²) in [7, 11) is 0. The average Bonchev–Trinajstić information content (AvgIpc) is 3.18. The molecule has 0 aliphatic rings. The smallest absolute Gasteiger partial charge is 0.148 e. The van der Waals surface area contributed by atoms with Crippen LogP contribution in [0.4, 0.5) is 0 Å². The topological polar surface area (TPSA) is 96.2 Å². The first-order valence-electron chi connectivity index (χ1n) is 9.14. The van der Waals surface area contributed by atoms with E-state index < -0.39 is 0 Å². The molecule has 0 aliphatic carbocycles. The summed E-state index contributed by atoms with van der Waals surface area (Å²) in [4.78, 5) is 4.56. The number of hydrogen-bond acceptors (Lipinski definition) is 5. The van der Waals surface area contributed by atoms with Crippen LogP contribution in [0.25, 0.3) is 22.0 Å². The summed E-state index contributed by atoms with van der Waals surface area (Å²) in [5.74, 6) is 0.265. The second-order valence-electron chi connectivity index (χ2n) is 6.73. The molecule has 0 saturated heterocycles. The zero-order valence-corrected chi connectivity index (χ0v) is 15.8. The van der Waals surface area contributed by atoms with Crippen LogP contribution >= 0.6 is 0 Å². The van der Waals surface area contributed by atoms with Gasteiger partial charge in [0.25, 0.3) is 0 Å². The monoisotopic (exact) mass is 371 g/mol. The number of rotatable bonds is 4. The Balaban J connectivity index is 1.65. The van der Waals surface area contributed by atoms with Gasteiger partial charge in [-0.1, -0.05) is 6.07 Å². The number of pyridine rings is 1. The van der Waals surface area contributed by atoms with Gasteiger partial charge < -0.3 is 0 Å². The lowest BCUT2D eigenvalue weighted by Gasteiger charge is -2.09. The van der Waals surface area contributed by atoms with E-state index in [-0.39, 0.29) is 11.3 Å². The van der Waals surface area contributed by atoms with E-state index in [1.165, 1.54) is 4.68 Å². The molecular formula is C21H21N7. The molecule has 0 radical (unpaired) electrons. The number of nitrogens with one attached hydrogen (secondary N) is 2. The molecular weight excluding hydrogens is 350 g/mol. The van der Waals surface area contributed by atoms with Crippen LogP contribution in [0.5, 0.6) is 0 Å². The Morgan fingerprint density at radius 2 is 1.93 bits per heavy atom.